The average molecular weight is 388 g/mol. The van der Waals surface area contributed by atoms with E-state index in [2.05, 4.69) is 5.32 Å². The number of piperidine rings is 1. The van der Waals surface area contributed by atoms with E-state index in [4.69, 9.17) is 11.6 Å². The van der Waals surface area contributed by atoms with Gasteiger partial charge in [-0.25, -0.2) is 0 Å². The number of aryl methyl sites for hydroxylation is 1. The zero-order valence-corrected chi connectivity index (χ0v) is 15.9. The zero-order chi connectivity index (χ0) is 19.4. The van der Waals surface area contributed by atoms with Gasteiger partial charge in [-0.1, -0.05) is 41.4 Å². The van der Waals surface area contributed by atoms with Crippen LogP contribution in [0.5, 0.6) is 0 Å². The Kier molecular flexibility index (Phi) is 5.96. The fraction of sp³-hybridized carbons (Fsp3) is 0.350. The lowest BCUT2D eigenvalue weighted by Gasteiger charge is -2.32. The first-order chi connectivity index (χ1) is 12.9. The first kappa shape index (κ1) is 19.2. The molecule has 0 atom stereocenters. The molecular formula is C20H22ClN3O3. The molecule has 0 unspecified atom stereocenters. The van der Waals surface area contributed by atoms with E-state index in [1.165, 1.54) is 11.6 Å². The number of carbonyl (C=O) groups is 1. The van der Waals surface area contributed by atoms with Gasteiger partial charge in [0.05, 0.1) is 4.92 Å². The van der Waals surface area contributed by atoms with Crippen LogP contribution in [0.4, 0.5) is 11.4 Å². The smallest absolute Gasteiger partial charge is 0.294 e. The van der Waals surface area contributed by atoms with Gasteiger partial charge in [0.15, 0.2) is 0 Å². The van der Waals surface area contributed by atoms with E-state index in [0.717, 1.165) is 5.56 Å². The van der Waals surface area contributed by atoms with Crippen LogP contribution in [0.1, 0.15) is 24.0 Å². The maximum Gasteiger partial charge on any atom is 0.294 e. The van der Waals surface area contributed by atoms with Crippen LogP contribution in [0, 0.1) is 23.0 Å². The fourth-order valence-electron chi connectivity index (χ4n) is 3.33. The molecule has 0 aliphatic carbocycles. The molecule has 1 aliphatic heterocycles. The summed E-state index contributed by atoms with van der Waals surface area (Å²) in [5.74, 6) is -0.0288. The Morgan fingerprint density at radius 3 is 2.52 bits per heavy atom. The summed E-state index contributed by atoms with van der Waals surface area (Å²) in [6, 6.07) is 12.8. The predicted octanol–water partition coefficient (Wildman–Crippen LogP) is 4.09. The highest BCUT2D eigenvalue weighted by Gasteiger charge is 2.28. The largest absolute Gasteiger partial charge is 0.366 e. The highest BCUT2D eigenvalue weighted by atomic mass is 35.5. The number of anilines is 1. The third kappa shape index (κ3) is 4.77. The number of benzene rings is 2. The van der Waals surface area contributed by atoms with Crippen LogP contribution in [-0.2, 0) is 11.3 Å². The van der Waals surface area contributed by atoms with Crippen molar-refractivity contribution in [2.45, 2.75) is 26.3 Å². The second kappa shape index (κ2) is 8.39. The zero-order valence-electron chi connectivity index (χ0n) is 15.2. The van der Waals surface area contributed by atoms with Crippen molar-refractivity contribution in [1.82, 2.24) is 5.32 Å². The maximum atomic E-state index is 12.4. The minimum absolute atomic E-state index is 0.00442. The van der Waals surface area contributed by atoms with Crippen LogP contribution in [0.25, 0.3) is 0 Å². The molecule has 2 aromatic carbocycles. The van der Waals surface area contributed by atoms with Crippen LogP contribution in [0.2, 0.25) is 5.02 Å². The number of nitro benzene ring substituents is 1. The lowest BCUT2D eigenvalue weighted by atomic mass is 9.95. The van der Waals surface area contributed by atoms with Gasteiger partial charge in [-0.05, 0) is 37.5 Å². The Bertz CT molecular complexity index is 831. The van der Waals surface area contributed by atoms with Gasteiger partial charge in [0.2, 0.25) is 5.91 Å². The number of nitrogens with one attached hydrogen (secondary N) is 1. The van der Waals surface area contributed by atoms with Crippen LogP contribution in [0.3, 0.4) is 0 Å². The quantitative estimate of drug-likeness (QED) is 0.619. The first-order valence-corrected chi connectivity index (χ1v) is 9.34. The monoisotopic (exact) mass is 387 g/mol. The summed E-state index contributed by atoms with van der Waals surface area (Å²) in [6.45, 7) is 3.75. The third-order valence-corrected chi connectivity index (χ3v) is 5.16. The fourth-order valence-corrected chi connectivity index (χ4v) is 3.50. The Labute approximate surface area is 163 Å². The summed E-state index contributed by atoms with van der Waals surface area (Å²) >= 11 is 5.88. The van der Waals surface area contributed by atoms with Crippen molar-refractivity contribution >= 4 is 28.9 Å². The van der Waals surface area contributed by atoms with Gasteiger partial charge in [0.25, 0.3) is 5.69 Å². The van der Waals surface area contributed by atoms with Gasteiger partial charge in [-0.15, -0.1) is 0 Å². The number of halogens is 1. The molecule has 1 N–H and O–H groups in total. The molecule has 7 heteroatoms. The highest BCUT2D eigenvalue weighted by Crippen LogP contribution is 2.33. The van der Waals surface area contributed by atoms with Crippen molar-refractivity contribution in [2.75, 3.05) is 18.0 Å². The lowest BCUT2D eigenvalue weighted by molar-refractivity contribution is -0.384. The molecule has 1 heterocycles. The number of hydrogen-bond acceptors (Lipinski definition) is 4. The number of hydrogen-bond donors (Lipinski definition) is 1. The second-order valence-corrected chi connectivity index (χ2v) is 7.29. The van der Waals surface area contributed by atoms with Crippen molar-refractivity contribution in [3.63, 3.8) is 0 Å². The van der Waals surface area contributed by atoms with Crippen molar-refractivity contribution in [3.05, 3.63) is 68.7 Å². The molecule has 142 valence electrons. The van der Waals surface area contributed by atoms with E-state index >= 15 is 0 Å². The van der Waals surface area contributed by atoms with Gasteiger partial charge in [-0.3, -0.25) is 14.9 Å². The standard InChI is InChI=1S/C20H22ClN3O3/c1-14-2-4-15(5-3-14)13-22-20(25)16-8-10-23(11-9-16)18-7-6-17(21)12-19(18)24(26)27/h2-7,12,16H,8-11,13H2,1H3,(H,22,25). The summed E-state index contributed by atoms with van der Waals surface area (Å²) in [7, 11) is 0. The highest BCUT2D eigenvalue weighted by molar-refractivity contribution is 6.30. The van der Waals surface area contributed by atoms with Crippen LogP contribution in [-0.4, -0.2) is 23.9 Å². The molecule has 0 spiro atoms. The maximum absolute atomic E-state index is 12.4. The minimum Gasteiger partial charge on any atom is -0.366 e. The molecular weight excluding hydrogens is 366 g/mol. The van der Waals surface area contributed by atoms with Crippen molar-refractivity contribution in [1.29, 1.82) is 0 Å². The molecule has 6 nitrogen and oxygen atoms in total. The third-order valence-electron chi connectivity index (χ3n) is 4.93. The van der Waals surface area contributed by atoms with Crippen molar-refractivity contribution in [2.24, 2.45) is 5.92 Å². The number of rotatable bonds is 5. The van der Waals surface area contributed by atoms with Gasteiger partial charge >= 0.3 is 0 Å². The van der Waals surface area contributed by atoms with Gasteiger partial charge < -0.3 is 10.2 Å². The predicted molar refractivity (Wildman–Crippen MR) is 106 cm³/mol. The van der Waals surface area contributed by atoms with Gasteiger partial charge in [-0.2, -0.15) is 0 Å². The van der Waals surface area contributed by atoms with E-state index in [-0.39, 0.29) is 17.5 Å². The number of amides is 1. The molecule has 2 aromatic rings. The van der Waals surface area contributed by atoms with Gasteiger partial charge in [0.1, 0.15) is 5.69 Å². The van der Waals surface area contributed by atoms with E-state index in [9.17, 15) is 14.9 Å². The van der Waals surface area contributed by atoms with E-state index in [1.54, 1.807) is 12.1 Å². The molecule has 1 aliphatic rings. The summed E-state index contributed by atoms with van der Waals surface area (Å²) < 4.78 is 0. The number of nitrogens with zero attached hydrogens (tertiary/aromatic N) is 2. The SMILES string of the molecule is Cc1ccc(CNC(=O)C2CCN(c3ccc(Cl)cc3[N+](=O)[O-])CC2)cc1. The molecule has 0 saturated carbocycles. The molecule has 1 amide bonds. The molecule has 0 bridgehead atoms. The first-order valence-electron chi connectivity index (χ1n) is 8.96. The number of nitro groups is 1. The van der Waals surface area contributed by atoms with Crippen LogP contribution in [0.15, 0.2) is 42.5 Å². The van der Waals surface area contributed by atoms with Crippen molar-refractivity contribution < 1.29 is 9.72 Å². The summed E-state index contributed by atoms with van der Waals surface area (Å²) in [5.41, 5.74) is 2.82. The normalized spacial score (nSPS) is 14.8. The molecule has 0 radical (unpaired) electrons. The molecule has 27 heavy (non-hydrogen) atoms. The lowest BCUT2D eigenvalue weighted by Crippen LogP contribution is -2.40. The van der Waals surface area contributed by atoms with Crippen LogP contribution < -0.4 is 10.2 Å². The number of carbonyl (C=O) groups excluding carboxylic acids is 1. The minimum atomic E-state index is -0.415. The molecule has 0 aromatic heterocycles. The molecule has 3 rings (SSSR count). The molecule has 1 saturated heterocycles. The summed E-state index contributed by atoms with van der Waals surface area (Å²) in [4.78, 5) is 25.3. The summed E-state index contributed by atoms with van der Waals surface area (Å²) in [6.07, 6.45) is 1.33. The van der Waals surface area contributed by atoms with E-state index < -0.39 is 4.92 Å². The Morgan fingerprint density at radius 1 is 1.22 bits per heavy atom. The second-order valence-electron chi connectivity index (χ2n) is 6.85. The Hall–Kier alpha value is -2.60. The molecule has 1 fully saturated rings. The van der Waals surface area contributed by atoms with E-state index in [1.807, 2.05) is 36.1 Å². The topological polar surface area (TPSA) is 75.5 Å². The van der Waals surface area contributed by atoms with E-state index in [0.29, 0.717) is 43.2 Å². The Morgan fingerprint density at radius 2 is 1.89 bits per heavy atom. The van der Waals surface area contributed by atoms with Crippen LogP contribution >= 0.6 is 11.6 Å². The summed E-state index contributed by atoms with van der Waals surface area (Å²) in [5, 5.41) is 14.6. The van der Waals surface area contributed by atoms with Crippen molar-refractivity contribution in [3.8, 4) is 0 Å². The average Bonchev–Trinajstić information content (AvgIpc) is 2.67. The van der Waals surface area contributed by atoms with Gasteiger partial charge in [0, 0.05) is 36.6 Å². The Balaban J connectivity index is 1.56.